The topological polar surface area (TPSA) is 71.9 Å². The predicted octanol–water partition coefficient (Wildman–Crippen LogP) is 3.77. The molecule has 0 spiro atoms. The predicted molar refractivity (Wildman–Crippen MR) is 109 cm³/mol. The highest BCUT2D eigenvalue weighted by Crippen LogP contribution is 2.14. The van der Waals surface area contributed by atoms with Crippen molar-refractivity contribution in [2.75, 3.05) is 19.7 Å². The molecule has 140 valence electrons. The van der Waals surface area contributed by atoms with Gasteiger partial charge in [0.15, 0.2) is 5.96 Å². The molecule has 25 heavy (non-hydrogen) atoms. The highest BCUT2D eigenvalue weighted by atomic mass is 127. The molecule has 0 bridgehead atoms. The van der Waals surface area contributed by atoms with Crippen LogP contribution in [0.3, 0.4) is 0 Å². The van der Waals surface area contributed by atoms with E-state index in [1.807, 2.05) is 32.0 Å². The fourth-order valence-corrected chi connectivity index (χ4v) is 2.29. The normalized spacial score (nSPS) is 11.2. The summed E-state index contributed by atoms with van der Waals surface area (Å²) in [4.78, 5) is 4.59. The standard InChI is InChI=1S/C18H27N3O3.HI/c1-4-19-18(21-12-16-11-14(2)24-15(16)3)20-8-6-9-22-13-17-7-5-10-23-17;/h5,7,10-11H,4,6,8-9,12-13H2,1-3H3,(H2,19,20,21);1H. The molecule has 6 nitrogen and oxygen atoms in total. The van der Waals surface area contributed by atoms with Crippen LogP contribution in [0, 0.1) is 13.8 Å². The zero-order valence-electron chi connectivity index (χ0n) is 15.1. The minimum atomic E-state index is 0. The number of ether oxygens (including phenoxy) is 1. The van der Waals surface area contributed by atoms with Crippen molar-refractivity contribution in [2.24, 2.45) is 4.99 Å². The molecule has 2 heterocycles. The van der Waals surface area contributed by atoms with Gasteiger partial charge < -0.3 is 24.2 Å². The molecule has 0 unspecified atom stereocenters. The summed E-state index contributed by atoms with van der Waals surface area (Å²) in [6.45, 7) is 9.39. The van der Waals surface area contributed by atoms with Gasteiger partial charge in [-0.3, -0.25) is 0 Å². The monoisotopic (exact) mass is 461 g/mol. The van der Waals surface area contributed by atoms with Crippen LogP contribution in [0.15, 0.2) is 38.3 Å². The second-order valence-corrected chi connectivity index (χ2v) is 5.55. The van der Waals surface area contributed by atoms with Gasteiger partial charge in [0.05, 0.1) is 12.8 Å². The SMILES string of the molecule is CCNC(=NCc1cc(C)oc1C)NCCCOCc1ccco1.I. The highest BCUT2D eigenvalue weighted by Gasteiger charge is 2.04. The zero-order chi connectivity index (χ0) is 17.2. The zero-order valence-corrected chi connectivity index (χ0v) is 17.5. The van der Waals surface area contributed by atoms with Gasteiger partial charge in [-0.05, 0) is 45.4 Å². The van der Waals surface area contributed by atoms with Crippen molar-refractivity contribution in [3.63, 3.8) is 0 Å². The third kappa shape index (κ3) is 7.96. The molecule has 0 aliphatic rings. The second kappa shape index (κ2) is 12.0. The van der Waals surface area contributed by atoms with Crippen LogP contribution in [0.2, 0.25) is 0 Å². The molecular formula is C18H28IN3O3. The summed E-state index contributed by atoms with van der Waals surface area (Å²) in [5.41, 5.74) is 1.12. The van der Waals surface area contributed by atoms with Crippen LogP contribution in [0.4, 0.5) is 0 Å². The van der Waals surface area contributed by atoms with Crippen molar-refractivity contribution in [3.05, 3.63) is 47.3 Å². The minimum absolute atomic E-state index is 0. The smallest absolute Gasteiger partial charge is 0.191 e. The summed E-state index contributed by atoms with van der Waals surface area (Å²) in [5.74, 6) is 3.51. The van der Waals surface area contributed by atoms with Crippen LogP contribution in [0.5, 0.6) is 0 Å². The van der Waals surface area contributed by atoms with Crippen LogP contribution in [0.25, 0.3) is 0 Å². The molecule has 2 rings (SSSR count). The van der Waals surface area contributed by atoms with E-state index >= 15 is 0 Å². The van der Waals surface area contributed by atoms with Crippen LogP contribution in [0.1, 0.15) is 36.2 Å². The van der Waals surface area contributed by atoms with Crippen LogP contribution in [-0.2, 0) is 17.9 Å². The van der Waals surface area contributed by atoms with Crippen LogP contribution in [-0.4, -0.2) is 25.7 Å². The summed E-state index contributed by atoms with van der Waals surface area (Å²) in [6, 6.07) is 5.81. The Morgan fingerprint density at radius 1 is 1.28 bits per heavy atom. The molecule has 0 amide bonds. The lowest BCUT2D eigenvalue weighted by atomic mass is 10.2. The maximum atomic E-state index is 5.56. The average Bonchev–Trinajstić information content (AvgIpc) is 3.17. The Bertz CT molecular complexity index is 624. The van der Waals surface area contributed by atoms with E-state index in [1.165, 1.54) is 0 Å². The van der Waals surface area contributed by atoms with E-state index < -0.39 is 0 Å². The lowest BCUT2D eigenvalue weighted by molar-refractivity contribution is 0.105. The van der Waals surface area contributed by atoms with Gasteiger partial charge in [-0.25, -0.2) is 4.99 Å². The number of halogens is 1. The van der Waals surface area contributed by atoms with E-state index in [-0.39, 0.29) is 24.0 Å². The summed E-state index contributed by atoms with van der Waals surface area (Å²) in [7, 11) is 0. The van der Waals surface area contributed by atoms with Crippen molar-refractivity contribution in [2.45, 2.75) is 40.3 Å². The highest BCUT2D eigenvalue weighted by molar-refractivity contribution is 14.0. The first-order chi connectivity index (χ1) is 11.7. The molecule has 0 aromatic carbocycles. The van der Waals surface area contributed by atoms with Crippen molar-refractivity contribution >= 4 is 29.9 Å². The van der Waals surface area contributed by atoms with Crippen LogP contribution >= 0.6 is 24.0 Å². The van der Waals surface area contributed by atoms with Crippen LogP contribution < -0.4 is 10.6 Å². The van der Waals surface area contributed by atoms with Crippen molar-refractivity contribution in [3.8, 4) is 0 Å². The lowest BCUT2D eigenvalue weighted by Crippen LogP contribution is -2.38. The fraction of sp³-hybridized carbons (Fsp3) is 0.500. The maximum absolute atomic E-state index is 5.56. The molecule has 2 aromatic heterocycles. The first kappa shape index (κ1) is 21.6. The molecule has 2 N–H and O–H groups in total. The van der Waals surface area contributed by atoms with Crippen molar-refractivity contribution < 1.29 is 13.6 Å². The average molecular weight is 461 g/mol. The summed E-state index contributed by atoms with van der Waals surface area (Å²) >= 11 is 0. The van der Waals surface area contributed by atoms with E-state index in [4.69, 9.17) is 13.6 Å². The quantitative estimate of drug-likeness (QED) is 0.258. The Labute approximate surface area is 166 Å². The molecule has 0 atom stereocenters. The number of aliphatic imine (C=N–C) groups is 1. The van der Waals surface area contributed by atoms with Gasteiger partial charge >= 0.3 is 0 Å². The maximum Gasteiger partial charge on any atom is 0.191 e. The van der Waals surface area contributed by atoms with Gasteiger partial charge in [0.1, 0.15) is 23.9 Å². The summed E-state index contributed by atoms with van der Waals surface area (Å²) in [6.07, 6.45) is 2.55. The van der Waals surface area contributed by atoms with E-state index in [2.05, 4.69) is 22.5 Å². The van der Waals surface area contributed by atoms with Gasteiger partial charge in [0, 0.05) is 25.3 Å². The Hall–Kier alpha value is -1.48. The molecule has 0 saturated carbocycles. The van der Waals surface area contributed by atoms with Crippen molar-refractivity contribution in [1.82, 2.24) is 10.6 Å². The molecule has 7 heteroatoms. The first-order valence-corrected chi connectivity index (χ1v) is 8.37. The number of rotatable bonds is 9. The Kier molecular flexibility index (Phi) is 10.3. The number of hydrogen-bond acceptors (Lipinski definition) is 4. The van der Waals surface area contributed by atoms with Gasteiger partial charge in [-0.2, -0.15) is 0 Å². The van der Waals surface area contributed by atoms with E-state index in [1.54, 1.807) is 6.26 Å². The first-order valence-electron chi connectivity index (χ1n) is 8.37. The fourth-order valence-electron chi connectivity index (χ4n) is 2.29. The molecule has 0 saturated heterocycles. The molecule has 0 aliphatic heterocycles. The van der Waals surface area contributed by atoms with Gasteiger partial charge in [-0.1, -0.05) is 0 Å². The van der Waals surface area contributed by atoms with Gasteiger partial charge in [0.2, 0.25) is 0 Å². The summed E-state index contributed by atoms with van der Waals surface area (Å²) < 4.78 is 16.3. The Morgan fingerprint density at radius 2 is 2.12 bits per heavy atom. The number of nitrogens with zero attached hydrogens (tertiary/aromatic N) is 1. The van der Waals surface area contributed by atoms with E-state index in [0.29, 0.717) is 19.8 Å². The van der Waals surface area contributed by atoms with Gasteiger partial charge in [0.25, 0.3) is 0 Å². The van der Waals surface area contributed by atoms with E-state index in [0.717, 1.165) is 48.3 Å². The number of guanidine groups is 1. The molecule has 0 radical (unpaired) electrons. The van der Waals surface area contributed by atoms with E-state index in [9.17, 15) is 0 Å². The molecule has 2 aromatic rings. The van der Waals surface area contributed by atoms with Crippen molar-refractivity contribution in [1.29, 1.82) is 0 Å². The molecule has 0 aliphatic carbocycles. The number of hydrogen-bond donors (Lipinski definition) is 2. The Balaban J connectivity index is 0.00000312. The number of furan rings is 2. The molecular weight excluding hydrogens is 433 g/mol. The molecule has 0 fully saturated rings. The third-order valence-corrected chi connectivity index (χ3v) is 3.48. The largest absolute Gasteiger partial charge is 0.467 e. The second-order valence-electron chi connectivity index (χ2n) is 5.55. The number of nitrogens with one attached hydrogen (secondary N) is 2. The Morgan fingerprint density at radius 3 is 2.76 bits per heavy atom. The minimum Gasteiger partial charge on any atom is -0.467 e. The number of aryl methyl sites for hydroxylation is 2. The lowest BCUT2D eigenvalue weighted by Gasteiger charge is -2.11. The van der Waals surface area contributed by atoms with Gasteiger partial charge in [-0.15, -0.1) is 24.0 Å². The summed E-state index contributed by atoms with van der Waals surface area (Å²) in [5, 5.41) is 6.56. The third-order valence-electron chi connectivity index (χ3n) is 3.48.